The van der Waals surface area contributed by atoms with Gasteiger partial charge in [0.05, 0.1) is 26.0 Å². The third kappa shape index (κ3) is 3.70. The fourth-order valence-corrected chi connectivity index (χ4v) is 5.96. The number of rotatable bonds is 5. The minimum atomic E-state index is 0.0386. The van der Waals surface area contributed by atoms with Gasteiger partial charge in [-0.1, -0.05) is 0 Å². The summed E-state index contributed by atoms with van der Waals surface area (Å²) < 4.78 is 10.4. The lowest BCUT2D eigenvalue weighted by Gasteiger charge is -2.57. The number of phenolic OH excluding ortho intramolecular Hbond substituents is 1. The molecule has 0 aromatic heterocycles. The SMILES string of the molecule is COc1cc(O)c(/C=N\NC(=S)NC23CC4CC(CC(C4)C2)C3)c(OC)c1. The first-order chi connectivity index (χ1) is 13.0. The van der Waals surface area contributed by atoms with Crippen LogP contribution in [0.25, 0.3) is 0 Å². The maximum absolute atomic E-state index is 10.2. The van der Waals surface area contributed by atoms with Crippen LogP contribution in [-0.4, -0.2) is 36.2 Å². The zero-order valence-electron chi connectivity index (χ0n) is 15.8. The number of nitrogens with zero attached hydrogens (tertiary/aromatic N) is 1. The van der Waals surface area contributed by atoms with E-state index < -0.39 is 0 Å². The van der Waals surface area contributed by atoms with E-state index in [1.54, 1.807) is 6.07 Å². The van der Waals surface area contributed by atoms with Crippen molar-refractivity contribution >= 4 is 23.5 Å². The Balaban J connectivity index is 1.40. The van der Waals surface area contributed by atoms with Gasteiger partial charge < -0.3 is 19.9 Å². The number of nitrogens with one attached hydrogen (secondary N) is 2. The largest absolute Gasteiger partial charge is 0.507 e. The summed E-state index contributed by atoms with van der Waals surface area (Å²) >= 11 is 5.49. The second-order valence-corrected chi connectivity index (χ2v) is 8.69. The van der Waals surface area contributed by atoms with E-state index in [1.165, 1.54) is 65.0 Å². The lowest BCUT2D eigenvalue weighted by Crippen LogP contribution is -2.61. The van der Waals surface area contributed by atoms with Crippen LogP contribution in [0.3, 0.4) is 0 Å². The minimum Gasteiger partial charge on any atom is -0.507 e. The van der Waals surface area contributed by atoms with Gasteiger partial charge in [-0.15, -0.1) is 0 Å². The molecule has 27 heavy (non-hydrogen) atoms. The van der Waals surface area contributed by atoms with Crippen molar-refractivity contribution in [2.45, 2.75) is 44.1 Å². The van der Waals surface area contributed by atoms with Crippen LogP contribution < -0.4 is 20.2 Å². The Morgan fingerprint density at radius 2 is 1.78 bits per heavy atom. The summed E-state index contributed by atoms with van der Waals surface area (Å²) in [6.07, 6.45) is 9.37. The van der Waals surface area contributed by atoms with Gasteiger partial charge in [-0.25, -0.2) is 0 Å². The third-order valence-corrected chi connectivity index (χ3v) is 6.52. The predicted molar refractivity (Wildman–Crippen MR) is 109 cm³/mol. The van der Waals surface area contributed by atoms with Crippen LogP contribution in [0.2, 0.25) is 0 Å². The Bertz CT molecular complexity index is 730. The number of hydrogen-bond acceptors (Lipinski definition) is 5. The Morgan fingerprint density at radius 1 is 1.15 bits per heavy atom. The van der Waals surface area contributed by atoms with Crippen LogP contribution in [0.5, 0.6) is 17.2 Å². The molecule has 0 unspecified atom stereocenters. The number of aromatic hydroxyl groups is 1. The molecule has 0 atom stereocenters. The zero-order valence-corrected chi connectivity index (χ0v) is 16.6. The molecule has 146 valence electrons. The van der Waals surface area contributed by atoms with E-state index in [1.807, 2.05) is 0 Å². The number of benzene rings is 1. The molecule has 0 spiro atoms. The monoisotopic (exact) mass is 389 g/mol. The quantitative estimate of drug-likeness (QED) is 0.408. The van der Waals surface area contributed by atoms with Crippen molar-refractivity contribution in [3.8, 4) is 17.2 Å². The van der Waals surface area contributed by atoms with Gasteiger partial charge in [-0.2, -0.15) is 5.10 Å². The molecule has 3 N–H and O–H groups in total. The standard InChI is InChI=1S/C20H27N3O3S/c1-25-15-6-17(24)16(18(7-15)26-2)11-21-23-19(27)22-20-8-12-3-13(9-20)5-14(4-12)10-20/h6-7,11-14,24H,3-5,8-10H2,1-2H3,(H2,22,23,27)/b21-11-. The Kier molecular flexibility index (Phi) is 4.88. The first-order valence-electron chi connectivity index (χ1n) is 9.56. The molecule has 0 radical (unpaired) electrons. The molecule has 7 heteroatoms. The van der Waals surface area contributed by atoms with E-state index in [0.717, 1.165) is 17.8 Å². The van der Waals surface area contributed by atoms with E-state index in [2.05, 4.69) is 15.8 Å². The van der Waals surface area contributed by atoms with Crippen LogP contribution in [0.4, 0.5) is 0 Å². The molecule has 4 fully saturated rings. The number of hydrazone groups is 1. The highest BCUT2D eigenvalue weighted by Crippen LogP contribution is 2.55. The number of phenols is 1. The van der Waals surface area contributed by atoms with Crippen LogP contribution in [0.15, 0.2) is 17.2 Å². The maximum Gasteiger partial charge on any atom is 0.187 e. The lowest BCUT2D eigenvalue weighted by molar-refractivity contribution is -0.0101. The molecule has 4 aliphatic carbocycles. The Labute approximate surface area is 165 Å². The van der Waals surface area contributed by atoms with Gasteiger partial charge in [-0.3, -0.25) is 5.43 Å². The average molecular weight is 390 g/mol. The smallest absolute Gasteiger partial charge is 0.187 e. The van der Waals surface area contributed by atoms with Crippen molar-refractivity contribution in [3.05, 3.63) is 17.7 Å². The Morgan fingerprint density at radius 3 is 2.33 bits per heavy atom. The first-order valence-corrected chi connectivity index (χ1v) is 9.97. The van der Waals surface area contributed by atoms with E-state index >= 15 is 0 Å². The fourth-order valence-electron chi connectivity index (χ4n) is 5.69. The van der Waals surface area contributed by atoms with Gasteiger partial charge in [0.2, 0.25) is 0 Å². The summed E-state index contributed by atoms with van der Waals surface area (Å²) in [6.45, 7) is 0. The molecule has 0 saturated heterocycles. The molecule has 4 bridgehead atoms. The third-order valence-electron chi connectivity index (χ3n) is 6.33. The second kappa shape index (κ2) is 7.19. The molecule has 1 aromatic rings. The van der Waals surface area contributed by atoms with Gasteiger partial charge in [0.15, 0.2) is 5.11 Å². The van der Waals surface area contributed by atoms with E-state index in [-0.39, 0.29) is 11.3 Å². The molecule has 6 nitrogen and oxygen atoms in total. The minimum absolute atomic E-state index is 0.0386. The summed E-state index contributed by atoms with van der Waals surface area (Å²) in [5, 5.41) is 18.5. The second-order valence-electron chi connectivity index (χ2n) is 8.28. The van der Waals surface area contributed by atoms with E-state index in [4.69, 9.17) is 21.7 Å². The van der Waals surface area contributed by atoms with Crippen molar-refractivity contribution in [3.63, 3.8) is 0 Å². The highest BCUT2D eigenvalue weighted by molar-refractivity contribution is 7.80. The predicted octanol–water partition coefficient (Wildman–Crippen LogP) is 3.18. The van der Waals surface area contributed by atoms with E-state index in [0.29, 0.717) is 22.2 Å². The molecule has 4 saturated carbocycles. The summed E-state index contributed by atoms with van der Waals surface area (Å²) in [4.78, 5) is 0. The summed E-state index contributed by atoms with van der Waals surface area (Å²) in [5.74, 6) is 3.62. The molecular weight excluding hydrogens is 362 g/mol. The van der Waals surface area contributed by atoms with Crippen LogP contribution in [-0.2, 0) is 0 Å². The van der Waals surface area contributed by atoms with Crippen molar-refractivity contribution in [2.24, 2.45) is 22.9 Å². The van der Waals surface area contributed by atoms with Gasteiger partial charge >= 0.3 is 0 Å². The highest BCUT2D eigenvalue weighted by Gasteiger charge is 2.51. The number of ether oxygens (including phenoxy) is 2. The molecule has 5 rings (SSSR count). The molecule has 4 aliphatic rings. The summed E-state index contributed by atoms with van der Waals surface area (Å²) in [7, 11) is 3.08. The number of thiocarbonyl (C=S) groups is 1. The molecular formula is C20H27N3O3S. The lowest BCUT2D eigenvalue weighted by atomic mass is 9.53. The molecule has 0 amide bonds. The van der Waals surface area contributed by atoms with Gasteiger partial charge in [0.25, 0.3) is 0 Å². The Hall–Kier alpha value is -2.02. The van der Waals surface area contributed by atoms with Gasteiger partial charge in [-0.05, 0) is 68.5 Å². The van der Waals surface area contributed by atoms with Crippen molar-refractivity contribution in [1.82, 2.24) is 10.7 Å². The van der Waals surface area contributed by atoms with E-state index in [9.17, 15) is 5.11 Å². The van der Waals surface area contributed by atoms with Gasteiger partial charge in [0, 0.05) is 17.7 Å². The van der Waals surface area contributed by atoms with Crippen molar-refractivity contribution in [1.29, 1.82) is 0 Å². The van der Waals surface area contributed by atoms with Crippen LogP contribution in [0, 0.1) is 17.8 Å². The van der Waals surface area contributed by atoms with Crippen LogP contribution in [0.1, 0.15) is 44.1 Å². The average Bonchev–Trinajstić information content (AvgIpc) is 2.61. The first kappa shape index (κ1) is 18.3. The highest BCUT2D eigenvalue weighted by atomic mass is 32.1. The summed E-state index contributed by atoms with van der Waals surface area (Å²) in [5.41, 5.74) is 3.53. The number of methoxy groups -OCH3 is 2. The normalized spacial score (nSPS) is 31.1. The fraction of sp³-hybridized carbons (Fsp3) is 0.600. The molecule has 0 aliphatic heterocycles. The molecule has 1 aromatic carbocycles. The number of hydrogen-bond donors (Lipinski definition) is 3. The zero-order chi connectivity index (χ0) is 19.0. The summed E-state index contributed by atoms with van der Waals surface area (Å²) in [6, 6.07) is 3.23. The van der Waals surface area contributed by atoms with Crippen molar-refractivity contribution in [2.75, 3.05) is 14.2 Å². The van der Waals surface area contributed by atoms with Crippen LogP contribution >= 0.6 is 12.2 Å². The molecule has 0 heterocycles. The van der Waals surface area contributed by atoms with Gasteiger partial charge in [0.1, 0.15) is 17.2 Å². The maximum atomic E-state index is 10.2. The topological polar surface area (TPSA) is 75.1 Å². The van der Waals surface area contributed by atoms with Crippen molar-refractivity contribution < 1.29 is 14.6 Å².